The molecule has 3 nitrogen and oxygen atoms in total. The standard InChI is InChI=1S/C11H15N3S2/c1-7-5-15-10(13-7)4-12-9(3)11-14-8(2)6-16-11/h5-6,9,12H,4H2,1-3H3. The number of nitrogens with zero attached hydrogens (tertiary/aromatic N) is 2. The second kappa shape index (κ2) is 5.03. The van der Waals surface area contributed by atoms with Gasteiger partial charge in [-0.2, -0.15) is 0 Å². The van der Waals surface area contributed by atoms with Crippen molar-refractivity contribution in [2.24, 2.45) is 0 Å². The van der Waals surface area contributed by atoms with Crippen LogP contribution in [0.25, 0.3) is 0 Å². The Kier molecular flexibility index (Phi) is 3.68. The molecule has 0 bridgehead atoms. The van der Waals surface area contributed by atoms with E-state index in [-0.39, 0.29) is 0 Å². The fraction of sp³-hybridized carbons (Fsp3) is 0.455. The van der Waals surface area contributed by atoms with Gasteiger partial charge in [-0.1, -0.05) is 0 Å². The minimum absolute atomic E-state index is 0.294. The van der Waals surface area contributed by atoms with Crippen molar-refractivity contribution in [3.63, 3.8) is 0 Å². The van der Waals surface area contributed by atoms with Gasteiger partial charge in [0.25, 0.3) is 0 Å². The summed E-state index contributed by atoms with van der Waals surface area (Å²) < 4.78 is 0. The molecular weight excluding hydrogens is 238 g/mol. The van der Waals surface area contributed by atoms with E-state index in [0.717, 1.165) is 27.9 Å². The first-order valence-electron chi connectivity index (χ1n) is 5.21. The number of hydrogen-bond acceptors (Lipinski definition) is 5. The summed E-state index contributed by atoms with van der Waals surface area (Å²) in [6.45, 7) is 7.00. The van der Waals surface area contributed by atoms with Crippen molar-refractivity contribution >= 4 is 22.7 Å². The molecule has 2 aromatic heterocycles. The summed E-state index contributed by atoms with van der Waals surface area (Å²) in [5.74, 6) is 0. The van der Waals surface area contributed by atoms with Gasteiger partial charge in [0.2, 0.25) is 0 Å². The van der Waals surface area contributed by atoms with Crippen molar-refractivity contribution in [3.05, 3.63) is 32.2 Å². The van der Waals surface area contributed by atoms with Crippen molar-refractivity contribution < 1.29 is 0 Å². The number of nitrogens with one attached hydrogen (secondary N) is 1. The highest BCUT2D eigenvalue weighted by Crippen LogP contribution is 2.18. The molecule has 0 radical (unpaired) electrons. The lowest BCUT2D eigenvalue weighted by atomic mass is 10.3. The Morgan fingerprint density at radius 3 is 2.44 bits per heavy atom. The minimum atomic E-state index is 0.294. The van der Waals surface area contributed by atoms with Crippen molar-refractivity contribution in [1.29, 1.82) is 0 Å². The molecule has 1 unspecified atom stereocenters. The van der Waals surface area contributed by atoms with Crippen molar-refractivity contribution in [2.45, 2.75) is 33.4 Å². The maximum Gasteiger partial charge on any atom is 0.110 e. The van der Waals surface area contributed by atoms with Gasteiger partial charge < -0.3 is 5.32 Å². The first-order valence-corrected chi connectivity index (χ1v) is 6.97. The van der Waals surface area contributed by atoms with Crippen LogP contribution in [0, 0.1) is 13.8 Å². The quantitative estimate of drug-likeness (QED) is 0.910. The van der Waals surface area contributed by atoms with Crippen LogP contribution in [0.1, 0.15) is 34.4 Å². The summed E-state index contributed by atoms with van der Waals surface area (Å²) in [5, 5.41) is 9.88. The van der Waals surface area contributed by atoms with Crippen LogP contribution in [0.5, 0.6) is 0 Å². The summed E-state index contributed by atoms with van der Waals surface area (Å²) in [7, 11) is 0. The first kappa shape index (κ1) is 11.7. The van der Waals surface area contributed by atoms with Gasteiger partial charge in [0.1, 0.15) is 10.0 Å². The van der Waals surface area contributed by atoms with Crippen LogP contribution in [0.4, 0.5) is 0 Å². The molecule has 2 heterocycles. The van der Waals surface area contributed by atoms with Crippen molar-refractivity contribution in [2.75, 3.05) is 0 Å². The summed E-state index contributed by atoms with van der Waals surface area (Å²) in [6.07, 6.45) is 0. The van der Waals surface area contributed by atoms with Gasteiger partial charge in [-0.25, -0.2) is 9.97 Å². The average Bonchev–Trinajstić information content (AvgIpc) is 2.84. The van der Waals surface area contributed by atoms with E-state index < -0.39 is 0 Å². The number of aryl methyl sites for hydroxylation is 2. The molecule has 0 aliphatic rings. The van der Waals surface area contributed by atoms with E-state index in [4.69, 9.17) is 0 Å². The number of hydrogen-bond donors (Lipinski definition) is 1. The molecule has 0 fully saturated rings. The highest BCUT2D eigenvalue weighted by atomic mass is 32.1. The summed E-state index contributed by atoms with van der Waals surface area (Å²) in [6, 6.07) is 0.294. The van der Waals surface area contributed by atoms with Gasteiger partial charge in [0, 0.05) is 28.7 Å². The Labute approximate surface area is 104 Å². The molecule has 5 heteroatoms. The Hall–Kier alpha value is -0.780. The fourth-order valence-electron chi connectivity index (χ4n) is 1.38. The minimum Gasteiger partial charge on any atom is -0.302 e. The molecule has 1 N–H and O–H groups in total. The van der Waals surface area contributed by atoms with Gasteiger partial charge in [0.05, 0.1) is 6.04 Å². The van der Waals surface area contributed by atoms with Gasteiger partial charge in [-0.3, -0.25) is 0 Å². The monoisotopic (exact) mass is 253 g/mol. The molecule has 0 aromatic carbocycles. The Morgan fingerprint density at radius 2 is 1.88 bits per heavy atom. The molecule has 0 saturated carbocycles. The van der Waals surface area contributed by atoms with Crippen LogP contribution in [0.3, 0.4) is 0 Å². The van der Waals surface area contributed by atoms with Crippen LogP contribution in [-0.4, -0.2) is 9.97 Å². The predicted molar refractivity (Wildman–Crippen MR) is 69.0 cm³/mol. The molecule has 0 saturated heterocycles. The fourth-order valence-corrected chi connectivity index (χ4v) is 2.93. The molecule has 86 valence electrons. The normalized spacial score (nSPS) is 12.9. The van der Waals surface area contributed by atoms with E-state index >= 15 is 0 Å². The number of thiazole rings is 2. The van der Waals surface area contributed by atoms with E-state index in [1.165, 1.54) is 0 Å². The third kappa shape index (κ3) is 2.87. The van der Waals surface area contributed by atoms with Gasteiger partial charge in [-0.15, -0.1) is 22.7 Å². The lowest BCUT2D eigenvalue weighted by Crippen LogP contribution is -2.17. The smallest absolute Gasteiger partial charge is 0.110 e. The average molecular weight is 253 g/mol. The number of rotatable bonds is 4. The Balaban J connectivity index is 1.91. The molecule has 2 aromatic rings. The van der Waals surface area contributed by atoms with Gasteiger partial charge in [0.15, 0.2) is 0 Å². The molecule has 2 rings (SSSR count). The van der Waals surface area contributed by atoms with E-state index in [2.05, 4.69) is 33.0 Å². The maximum absolute atomic E-state index is 4.47. The van der Waals surface area contributed by atoms with Gasteiger partial charge in [-0.05, 0) is 20.8 Å². The maximum atomic E-state index is 4.47. The van der Waals surface area contributed by atoms with Crippen molar-refractivity contribution in [1.82, 2.24) is 15.3 Å². The van der Waals surface area contributed by atoms with Crippen LogP contribution < -0.4 is 5.32 Å². The van der Waals surface area contributed by atoms with Gasteiger partial charge >= 0.3 is 0 Å². The molecule has 0 aliphatic carbocycles. The summed E-state index contributed by atoms with van der Waals surface area (Å²) in [5.41, 5.74) is 2.19. The summed E-state index contributed by atoms with van der Waals surface area (Å²) >= 11 is 3.41. The zero-order valence-electron chi connectivity index (χ0n) is 9.65. The second-order valence-electron chi connectivity index (χ2n) is 3.81. The molecular formula is C11H15N3S2. The van der Waals surface area contributed by atoms with E-state index in [9.17, 15) is 0 Å². The zero-order chi connectivity index (χ0) is 11.5. The lowest BCUT2D eigenvalue weighted by molar-refractivity contribution is 0.569. The largest absolute Gasteiger partial charge is 0.302 e. The number of aromatic nitrogens is 2. The van der Waals surface area contributed by atoms with Crippen LogP contribution in [-0.2, 0) is 6.54 Å². The topological polar surface area (TPSA) is 37.8 Å². The highest BCUT2D eigenvalue weighted by molar-refractivity contribution is 7.10. The molecule has 0 amide bonds. The van der Waals surface area contributed by atoms with E-state index in [1.54, 1.807) is 22.7 Å². The Morgan fingerprint density at radius 1 is 1.19 bits per heavy atom. The van der Waals surface area contributed by atoms with E-state index in [0.29, 0.717) is 6.04 Å². The third-order valence-electron chi connectivity index (χ3n) is 2.23. The van der Waals surface area contributed by atoms with Crippen LogP contribution >= 0.6 is 22.7 Å². The highest BCUT2D eigenvalue weighted by Gasteiger charge is 2.09. The lowest BCUT2D eigenvalue weighted by Gasteiger charge is -2.09. The SMILES string of the molecule is Cc1csc(CNC(C)c2nc(C)cs2)n1. The molecule has 1 atom stereocenters. The first-order chi connectivity index (χ1) is 7.65. The van der Waals surface area contributed by atoms with Crippen molar-refractivity contribution in [3.8, 4) is 0 Å². The van der Waals surface area contributed by atoms with Crippen LogP contribution in [0.15, 0.2) is 10.8 Å². The summed E-state index contributed by atoms with van der Waals surface area (Å²) in [4.78, 5) is 8.89. The molecule has 0 spiro atoms. The van der Waals surface area contributed by atoms with Crippen LogP contribution in [0.2, 0.25) is 0 Å². The molecule has 0 aliphatic heterocycles. The Bertz CT molecular complexity index is 461. The predicted octanol–water partition coefficient (Wildman–Crippen LogP) is 3.07. The zero-order valence-corrected chi connectivity index (χ0v) is 11.3. The third-order valence-corrected chi connectivity index (χ3v) is 4.35. The van der Waals surface area contributed by atoms with E-state index in [1.807, 2.05) is 13.8 Å². The molecule has 16 heavy (non-hydrogen) atoms. The second-order valence-corrected chi connectivity index (χ2v) is 5.64.